The lowest BCUT2D eigenvalue weighted by Crippen LogP contribution is -2.28. The van der Waals surface area contributed by atoms with E-state index in [1.807, 2.05) is 0 Å². The van der Waals surface area contributed by atoms with Crippen molar-refractivity contribution < 1.29 is 13.5 Å². The number of ether oxygens (including phenoxy) is 1. The Hall–Kier alpha value is 0.310. The molecule has 1 aliphatic carbocycles. The first kappa shape index (κ1) is 16.7. The molecule has 7 heteroatoms. The second kappa shape index (κ2) is 7.05. The Morgan fingerprint density at radius 2 is 2.05 bits per heavy atom. The highest BCUT2D eigenvalue weighted by atomic mass is 127. The van der Waals surface area contributed by atoms with Crippen LogP contribution in [0, 0.1) is 11.8 Å². The summed E-state index contributed by atoms with van der Waals surface area (Å²) in [6.45, 7) is 0.480. The number of pyridine rings is 1. The maximum Gasteiger partial charge on any atom is 0.299 e. The van der Waals surface area contributed by atoms with E-state index in [4.69, 9.17) is 16.3 Å². The molecule has 20 heavy (non-hydrogen) atoms. The van der Waals surface area contributed by atoms with E-state index in [-0.39, 0.29) is 0 Å². The maximum atomic E-state index is 13.2. The quantitative estimate of drug-likeness (QED) is 0.407. The second-order valence-electron chi connectivity index (χ2n) is 5.01. The zero-order chi connectivity index (χ0) is 14.8. The van der Waals surface area contributed by atoms with Crippen LogP contribution in [0.15, 0.2) is 16.7 Å². The van der Waals surface area contributed by atoms with Gasteiger partial charge in [-0.15, -0.1) is 0 Å². The Balaban J connectivity index is 1.82. The van der Waals surface area contributed by atoms with Crippen molar-refractivity contribution in [3.05, 3.63) is 21.8 Å². The fraction of sp³-hybridized carbons (Fsp3) is 0.615. The van der Waals surface area contributed by atoms with Gasteiger partial charge in [-0.2, -0.15) is 8.78 Å². The van der Waals surface area contributed by atoms with Crippen molar-refractivity contribution in [1.29, 1.82) is 0 Å². The van der Waals surface area contributed by atoms with Crippen LogP contribution in [-0.4, -0.2) is 15.5 Å². The summed E-state index contributed by atoms with van der Waals surface area (Å²) in [6, 6.07) is 1.72. The fourth-order valence-corrected chi connectivity index (χ4v) is 3.67. The summed E-state index contributed by atoms with van der Waals surface area (Å²) in [6.07, 6.45) is 4.24. The third-order valence-corrected chi connectivity index (χ3v) is 5.12. The van der Waals surface area contributed by atoms with E-state index in [2.05, 4.69) is 20.9 Å². The maximum absolute atomic E-state index is 13.2. The molecule has 0 atom stereocenters. The van der Waals surface area contributed by atoms with Gasteiger partial charge in [0.1, 0.15) is 5.02 Å². The minimum Gasteiger partial charge on any atom is -0.476 e. The lowest BCUT2D eigenvalue weighted by atomic mass is 9.82. The highest BCUT2D eigenvalue weighted by molar-refractivity contribution is 14.1. The standard InChI is InChI=1S/C13H14BrClF2INO/c14-10-5-11(15)12(19-6-10)20-7-8-1-3-9(4-2-8)13(16,17)18/h5-6,8-9H,1-4,7H2. The summed E-state index contributed by atoms with van der Waals surface area (Å²) in [5.41, 5.74) is 0. The van der Waals surface area contributed by atoms with Gasteiger partial charge in [-0.1, -0.05) is 11.6 Å². The van der Waals surface area contributed by atoms with E-state index in [1.54, 1.807) is 12.3 Å². The Labute approximate surface area is 143 Å². The van der Waals surface area contributed by atoms with Crippen LogP contribution in [0.25, 0.3) is 0 Å². The average molecular weight is 481 g/mol. The summed E-state index contributed by atoms with van der Waals surface area (Å²) in [5, 5.41) is 0.451. The summed E-state index contributed by atoms with van der Waals surface area (Å²) in [5.74, 6) is 0.191. The van der Waals surface area contributed by atoms with Gasteiger partial charge in [-0.05, 0) is 76.2 Å². The predicted molar refractivity (Wildman–Crippen MR) is 86.9 cm³/mol. The molecule has 1 aromatic rings. The SMILES string of the molecule is FC(F)(I)C1CCC(COc2ncc(Br)cc2Cl)CC1. The van der Waals surface area contributed by atoms with Crippen molar-refractivity contribution in [2.24, 2.45) is 11.8 Å². The van der Waals surface area contributed by atoms with Gasteiger partial charge in [0.2, 0.25) is 5.88 Å². The minimum atomic E-state index is -2.60. The van der Waals surface area contributed by atoms with Gasteiger partial charge < -0.3 is 4.74 Å². The minimum absolute atomic E-state index is 0.298. The van der Waals surface area contributed by atoms with Crippen molar-refractivity contribution in [3.63, 3.8) is 0 Å². The molecule has 2 rings (SSSR count). The fourth-order valence-electron chi connectivity index (χ4n) is 2.36. The van der Waals surface area contributed by atoms with E-state index in [1.165, 1.54) is 22.6 Å². The van der Waals surface area contributed by atoms with Crippen LogP contribution in [0.5, 0.6) is 5.88 Å². The molecule has 1 saturated carbocycles. The normalized spacial score (nSPS) is 23.6. The Morgan fingerprint density at radius 3 is 2.60 bits per heavy atom. The van der Waals surface area contributed by atoms with Crippen LogP contribution in [0.2, 0.25) is 5.02 Å². The topological polar surface area (TPSA) is 22.1 Å². The molecule has 0 aliphatic heterocycles. The molecule has 0 amide bonds. The van der Waals surface area contributed by atoms with E-state index in [9.17, 15) is 8.78 Å². The number of alkyl halides is 3. The molecule has 112 valence electrons. The van der Waals surface area contributed by atoms with Crippen LogP contribution in [-0.2, 0) is 0 Å². The molecule has 0 unspecified atom stereocenters. The first-order valence-electron chi connectivity index (χ1n) is 6.37. The van der Waals surface area contributed by atoms with Gasteiger partial charge in [-0.3, -0.25) is 0 Å². The molecule has 0 bridgehead atoms. The largest absolute Gasteiger partial charge is 0.476 e. The lowest BCUT2D eigenvalue weighted by molar-refractivity contribution is 0.0241. The molecular weight excluding hydrogens is 466 g/mol. The highest BCUT2D eigenvalue weighted by Gasteiger charge is 2.38. The van der Waals surface area contributed by atoms with E-state index in [0.29, 0.717) is 36.3 Å². The molecule has 0 spiro atoms. The van der Waals surface area contributed by atoms with Gasteiger partial charge in [0.05, 0.1) is 6.61 Å². The van der Waals surface area contributed by atoms with Gasteiger partial charge in [0.15, 0.2) is 0 Å². The van der Waals surface area contributed by atoms with Crippen molar-refractivity contribution in [2.45, 2.75) is 29.6 Å². The molecule has 1 aliphatic rings. The molecular formula is C13H14BrClF2INO. The summed E-state index contributed by atoms with van der Waals surface area (Å²) in [7, 11) is 0. The van der Waals surface area contributed by atoms with Crippen molar-refractivity contribution in [1.82, 2.24) is 4.98 Å². The molecule has 2 nitrogen and oxygen atoms in total. The Morgan fingerprint density at radius 1 is 1.40 bits per heavy atom. The molecule has 1 heterocycles. The highest BCUT2D eigenvalue weighted by Crippen LogP contribution is 2.42. The van der Waals surface area contributed by atoms with Gasteiger partial charge in [0.25, 0.3) is 3.93 Å². The molecule has 0 N–H and O–H groups in total. The molecule has 0 saturated heterocycles. The lowest BCUT2D eigenvalue weighted by Gasteiger charge is -2.30. The Bertz CT molecular complexity index is 464. The molecule has 1 fully saturated rings. The van der Waals surface area contributed by atoms with Crippen LogP contribution in [0.1, 0.15) is 25.7 Å². The van der Waals surface area contributed by atoms with Crippen molar-refractivity contribution in [3.8, 4) is 5.88 Å². The van der Waals surface area contributed by atoms with E-state index in [0.717, 1.165) is 17.3 Å². The molecule has 1 aromatic heterocycles. The number of nitrogens with zero attached hydrogens (tertiary/aromatic N) is 1. The summed E-state index contributed by atoms with van der Waals surface area (Å²) >= 11 is 10.5. The summed E-state index contributed by atoms with van der Waals surface area (Å²) in [4.78, 5) is 4.09. The third-order valence-electron chi connectivity index (χ3n) is 3.54. The number of hydrogen-bond donors (Lipinski definition) is 0. The Kier molecular flexibility index (Phi) is 5.88. The first-order valence-corrected chi connectivity index (χ1v) is 8.62. The summed E-state index contributed by atoms with van der Waals surface area (Å²) < 4.78 is 30.2. The number of hydrogen-bond acceptors (Lipinski definition) is 2. The van der Waals surface area contributed by atoms with Crippen LogP contribution in [0.4, 0.5) is 8.78 Å². The molecule has 0 aromatic carbocycles. The van der Waals surface area contributed by atoms with E-state index < -0.39 is 9.85 Å². The predicted octanol–water partition coefficient (Wildman–Crippen LogP) is 5.71. The first-order chi connectivity index (χ1) is 9.36. The van der Waals surface area contributed by atoms with Gasteiger partial charge in [-0.25, -0.2) is 4.98 Å². The average Bonchev–Trinajstić information content (AvgIpc) is 2.37. The zero-order valence-corrected chi connectivity index (χ0v) is 15.1. The smallest absolute Gasteiger partial charge is 0.299 e. The number of aromatic nitrogens is 1. The van der Waals surface area contributed by atoms with Crippen LogP contribution in [0.3, 0.4) is 0 Å². The second-order valence-corrected chi connectivity index (χ2v) is 7.77. The van der Waals surface area contributed by atoms with Gasteiger partial charge in [0, 0.05) is 16.6 Å². The molecule has 0 radical (unpaired) electrons. The van der Waals surface area contributed by atoms with Crippen LogP contribution >= 0.6 is 50.1 Å². The number of halogens is 5. The third kappa shape index (κ3) is 4.66. The van der Waals surface area contributed by atoms with Crippen LogP contribution < -0.4 is 4.74 Å². The van der Waals surface area contributed by atoms with Crippen molar-refractivity contribution in [2.75, 3.05) is 6.61 Å². The van der Waals surface area contributed by atoms with Crippen molar-refractivity contribution >= 4 is 50.1 Å². The van der Waals surface area contributed by atoms with Gasteiger partial charge >= 0.3 is 0 Å². The monoisotopic (exact) mass is 479 g/mol. The zero-order valence-electron chi connectivity index (χ0n) is 10.6. The van der Waals surface area contributed by atoms with E-state index >= 15 is 0 Å². The number of rotatable bonds is 4.